The molecule has 0 aliphatic heterocycles. The summed E-state index contributed by atoms with van der Waals surface area (Å²) >= 11 is 3.71. The number of hydrogen-bond donors (Lipinski definition) is 0. The van der Waals surface area contributed by atoms with E-state index in [2.05, 4.69) is 140 Å². The first-order chi connectivity index (χ1) is 31.2. The maximum Gasteiger partial charge on any atom is 0.164 e. The number of furan rings is 1. The second-order valence-electron chi connectivity index (χ2n) is 15.9. The van der Waals surface area contributed by atoms with Crippen LogP contribution in [0.5, 0.6) is 0 Å². The van der Waals surface area contributed by atoms with Gasteiger partial charge in [0.15, 0.2) is 17.5 Å². The van der Waals surface area contributed by atoms with Crippen molar-refractivity contribution in [3.8, 4) is 67.5 Å². The Bertz CT molecular complexity index is 3860. The third kappa shape index (κ3) is 5.91. The summed E-state index contributed by atoms with van der Waals surface area (Å²) in [4.78, 5) is 15.1. The zero-order valence-corrected chi connectivity index (χ0v) is 35.3. The van der Waals surface area contributed by atoms with Crippen molar-refractivity contribution in [2.45, 2.75) is 0 Å². The maximum atomic E-state index is 7.07. The number of benzene rings is 9. The van der Waals surface area contributed by atoms with Gasteiger partial charge in [-0.3, -0.25) is 0 Å². The molecule has 0 unspecified atom stereocenters. The van der Waals surface area contributed by atoms with E-state index in [0.717, 1.165) is 60.9 Å². The van der Waals surface area contributed by atoms with Gasteiger partial charge in [0.1, 0.15) is 11.2 Å². The fourth-order valence-electron chi connectivity index (χ4n) is 9.22. The molecule has 0 fully saturated rings. The summed E-state index contributed by atoms with van der Waals surface area (Å²) in [5.74, 6) is 1.89. The Kier molecular flexibility index (Phi) is 8.22. The van der Waals surface area contributed by atoms with Crippen molar-refractivity contribution < 1.29 is 4.42 Å². The fourth-order valence-corrected chi connectivity index (χ4v) is 11.7. The molecule has 0 N–H and O–H groups in total. The van der Waals surface area contributed by atoms with Crippen LogP contribution in [0.25, 0.3) is 130 Å². The number of rotatable bonds is 6. The van der Waals surface area contributed by atoms with Crippen molar-refractivity contribution in [1.82, 2.24) is 15.0 Å². The lowest BCUT2D eigenvalue weighted by Gasteiger charge is -2.11. The highest BCUT2D eigenvalue weighted by atomic mass is 32.1. The first-order valence-electron chi connectivity index (χ1n) is 21.0. The highest BCUT2D eigenvalue weighted by Gasteiger charge is 2.22. The molecule has 0 spiro atoms. The van der Waals surface area contributed by atoms with Gasteiger partial charge in [0.2, 0.25) is 0 Å². The normalized spacial score (nSPS) is 11.8. The first-order valence-corrected chi connectivity index (χ1v) is 22.6. The van der Waals surface area contributed by atoms with Gasteiger partial charge in [0.05, 0.1) is 0 Å². The number of fused-ring (bicyclic) bond motifs is 9. The van der Waals surface area contributed by atoms with E-state index in [1.165, 1.54) is 51.5 Å². The summed E-state index contributed by atoms with van der Waals surface area (Å²) < 4.78 is 12.2. The molecule has 0 aliphatic rings. The van der Waals surface area contributed by atoms with Crippen LogP contribution in [-0.4, -0.2) is 15.0 Å². The Balaban J connectivity index is 1.05. The molecule has 0 radical (unpaired) electrons. The molecule has 9 aromatic carbocycles. The molecular weight excluding hydrogens is 807 g/mol. The van der Waals surface area contributed by atoms with E-state index in [0.29, 0.717) is 17.5 Å². The lowest BCUT2D eigenvalue weighted by atomic mass is 9.92. The second-order valence-corrected chi connectivity index (χ2v) is 18.0. The van der Waals surface area contributed by atoms with Gasteiger partial charge in [-0.2, -0.15) is 0 Å². The van der Waals surface area contributed by atoms with Gasteiger partial charge in [0, 0.05) is 78.9 Å². The van der Waals surface area contributed by atoms with Gasteiger partial charge >= 0.3 is 0 Å². The van der Waals surface area contributed by atoms with Gasteiger partial charge in [-0.1, -0.05) is 164 Å². The predicted molar refractivity (Wildman–Crippen MR) is 265 cm³/mol. The smallest absolute Gasteiger partial charge is 0.164 e. The highest BCUT2D eigenvalue weighted by molar-refractivity contribution is 7.26. The predicted octanol–water partition coefficient (Wildman–Crippen LogP) is 16.5. The number of thiophene rings is 2. The van der Waals surface area contributed by atoms with Gasteiger partial charge in [-0.15, -0.1) is 22.7 Å². The van der Waals surface area contributed by atoms with E-state index >= 15 is 0 Å². The lowest BCUT2D eigenvalue weighted by molar-refractivity contribution is 0.670. The number of nitrogens with zero attached hydrogens (tertiary/aromatic N) is 3. The monoisotopic (exact) mass is 839 g/mol. The second kappa shape index (κ2) is 14.4. The van der Waals surface area contributed by atoms with Gasteiger partial charge in [-0.25, -0.2) is 15.0 Å². The third-order valence-corrected chi connectivity index (χ3v) is 14.6. The van der Waals surface area contributed by atoms with Crippen LogP contribution in [0, 0.1) is 0 Å². The van der Waals surface area contributed by atoms with Crippen molar-refractivity contribution in [1.29, 1.82) is 0 Å². The average Bonchev–Trinajstić information content (AvgIpc) is 4.06. The molecule has 13 aromatic rings. The quantitative estimate of drug-likeness (QED) is 0.167. The molecular formula is C57H33N3OS2. The Morgan fingerprint density at radius 2 is 0.810 bits per heavy atom. The van der Waals surface area contributed by atoms with E-state index in [1.807, 2.05) is 83.3 Å². The van der Waals surface area contributed by atoms with Crippen LogP contribution in [-0.2, 0) is 0 Å². The van der Waals surface area contributed by atoms with Gasteiger partial charge in [-0.05, 0) is 58.7 Å². The molecule has 0 atom stereocenters. The molecule has 294 valence electrons. The minimum Gasteiger partial charge on any atom is -0.455 e. The summed E-state index contributed by atoms with van der Waals surface area (Å²) in [6, 6.07) is 70.8. The molecule has 63 heavy (non-hydrogen) atoms. The van der Waals surface area contributed by atoms with Crippen LogP contribution in [0.15, 0.2) is 205 Å². The Morgan fingerprint density at radius 3 is 1.48 bits per heavy atom. The van der Waals surface area contributed by atoms with Crippen LogP contribution < -0.4 is 0 Å². The average molecular weight is 840 g/mol. The van der Waals surface area contributed by atoms with Crippen molar-refractivity contribution in [2.24, 2.45) is 0 Å². The van der Waals surface area contributed by atoms with E-state index < -0.39 is 0 Å². The Morgan fingerprint density at radius 1 is 0.317 bits per heavy atom. The molecule has 0 bridgehead atoms. The minimum absolute atomic E-state index is 0.617. The topological polar surface area (TPSA) is 51.8 Å². The van der Waals surface area contributed by atoms with Gasteiger partial charge in [0.25, 0.3) is 0 Å². The Hall–Kier alpha value is -7.77. The molecule has 0 saturated carbocycles. The molecule has 4 aromatic heterocycles. The van der Waals surface area contributed by atoms with Crippen LogP contribution in [0.1, 0.15) is 0 Å². The molecule has 0 aliphatic carbocycles. The SMILES string of the molecule is c1ccc(-c2nc(-c3ccccc3)nc(-c3cccc(-c4cccc5oc6c(-c7cccc8c7sc7ccccc78)cc(-c7cccc8c7sc7ccccc78)cc6c45)c3)n2)cc1. The first kappa shape index (κ1) is 35.9. The summed E-state index contributed by atoms with van der Waals surface area (Å²) in [5.41, 5.74) is 11.3. The maximum absolute atomic E-state index is 7.07. The number of aromatic nitrogens is 3. The molecule has 13 rings (SSSR count). The standard InChI is InChI=1S/C57H33N3OS2/c1-3-15-34(16-4-1)55-58-56(35-17-5-2-6-18-35)60-57(59-55)37-20-11-19-36(31-37)39-23-14-28-48-51(39)47-33-38(40-24-12-25-43-41-21-7-9-29-49(41)62-53(40)43)32-46(52(47)61-48)45-27-13-26-44-42-22-8-10-30-50(42)63-54(44)45/h1-33H. The largest absolute Gasteiger partial charge is 0.455 e. The van der Waals surface area contributed by atoms with E-state index in [-0.39, 0.29) is 0 Å². The fraction of sp³-hybridized carbons (Fsp3) is 0. The zero-order chi connectivity index (χ0) is 41.4. The van der Waals surface area contributed by atoms with Crippen molar-refractivity contribution in [3.05, 3.63) is 200 Å². The molecule has 0 amide bonds. The Labute approximate surface area is 370 Å². The summed E-state index contributed by atoms with van der Waals surface area (Å²) in [5, 5.41) is 7.25. The van der Waals surface area contributed by atoms with Crippen molar-refractivity contribution in [3.63, 3.8) is 0 Å². The molecule has 4 nitrogen and oxygen atoms in total. The third-order valence-electron chi connectivity index (χ3n) is 12.1. The molecule has 0 saturated heterocycles. The van der Waals surface area contributed by atoms with E-state index in [1.54, 1.807) is 0 Å². The molecule has 4 heterocycles. The summed E-state index contributed by atoms with van der Waals surface area (Å²) in [7, 11) is 0. The zero-order valence-electron chi connectivity index (χ0n) is 33.6. The summed E-state index contributed by atoms with van der Waals surface area (Å²) in [6.07, 6.45) is 0. The van der Waals surface area contributed by atoms with Crippen molar-refractivity contribution in [2.75, 3.05) is 0 Å². The van der Waals surface area contributed by atoms with Crippen LogP contribution >= 0.6 is 22.7 Å². The highest BCUT2D eigenvalue weighted by Crippen LogP contribution is 2.48. The van der Waals surface area contributed by atoms with Crippen LogP contribution in [0.4, 0.5) is 0 Å². The van der Waals surface area contributed by atoms with Crippen LogP contribution in [0.3, 0.4) is 0 Å². The lowest BCUT2D eigenvalue weighted by Crippen LogP contribution is -2.00. The van der Waals surface area contributed by atoms with Crippen molar-refractivity contribution >= 4 is 85.0 Å². The summed E-state index contributed by atoms with van der Waals surface area (Å²) in [6.45, 7) is 0. The van der Waals surface area contributed by atoms with Gasteiger partial charge < -0.3 is 4.42 Å². The van der Waals surface area contributed by atoms with Crippen LogP contribution in [0.2, 0.25) is 0 Å². The van der Waals surface area contributed by atoms with E-state index in [4.69, 9.17) is 19.4 Å². The number of hydrogen-bond acceptors (Lipinski definition) is 6. The van der Waals surface area contributed by atoms with E-state index in [9.17, 15) is 0 Å². The molecule has 6 heteroatoms. The minimum atomic E-state index is 0.617.